The zero-order valence-corrected chi connectivity index (χ0v) is 17.9. The van der Waals surface area contributed by atoms with Gasteiger partial charge in [0.25, 0.3) is 0 Å². The van der Waals surface area contributed by atoms with Gasteiger partial charge in [0.1, 0.15) is 6.54 Å². The molecule has 0 atom stereocenters. The van der Waals surface area contributed by atoms with Crippen molar-refractivity contribution >= 4 is 10.2 Å². The first-order valence-electron chi connectivity index (χ1n) is 10.6. The smallest absolute Gasteiger partial charge is 0.104 e. The van der Waals surface area contributed by atoms with Crippen LogP contribution in [0.1, 0.15) is 82.6 Å². The molecule has 3 radical (unpaired) electrons. The zero-order valence-electron chi connectivity index (χ0n) is 16.9. The van der Waals surface area contributed by atoms with E-state index in [4.69, 9.17) is 0 Å². The van der Waals surface area contributed by atoms with Crippen molar-refractivity contribution in [2.75, 3.05) is 20.6 Å². The summed E-state index contributed by atoms with van der Waals surface area (Å²) in [5.74, 6) is 0. The minimum Gasteiger partial charge on any atom is -0.325 e. The van der Waals surface area contributed by atoms with Gasteiger partial charge in [-0.2, -0.15) is 0 Å². The molecule has 1 aromatic rings. The molecular weight excluding hydrogens is 318 g/mol. The van der Waals surface area contributed by atoms with Crippen LogP contribution in [0.5, 0.6) is 0 Å². The summed E-state index contributed by atoms with van der Waals surface area (Å²) in [5.41, 5.74) is 1.46. The molecule has 0 unspecified atom stereocenters. The topological polar surface area (TPSA) is 0 Å². The molecule has 0 bridgehead atoms. The molecule has 1 nitrogen and oxygen atoms in total. The summed E-state index contributed by atoms with van der Waals surface area (Å²) in [6.45, 7) is 2.44. The molecule has 0 aromatic heterocycles. The average molecular weight is 360 g/mol. The van der Waals surface area contributed by atoms with Crippen LogP contribution in [0.2, 0.25) is 6.04 Å². The second kappa shape index (κ2) is 14.6. The molecule has 0 heterocycles. The van der Waals surface area contributed by atoms with E-state index in [1.807, 2.05) is 0 Å². The summed E-state index contributed by atoms with van der Waals surface area (Å²) in [6.07, 6.45) is 17.1. The Morgan fingerprint density at radius 3 is 1.56 bits per heavy atom. The van der Waals surface area contributed by atoms with Gasteiger partial charge in [-0.15, -0.1) is 0 Å². The summed E-state index contributed by atoms with van der Waals surface area (Å²) in [4.78, 5) is 0. The zero-order chi connectivity index (χ0) is 18.2. The highest BCUT2D eigenvalue weighted by atomic mass is 28.1. The lowest BCUT2D eigenvalue weighted by molar-refractivity contribution is -0.903. The van der Waals surface area contributed by atoms with Gasteiger partial charge in [0.15, 0.2) is 0 Å². The van der Waals surface area contributed by atoms with E-state index in [1.165, 1.54) is 95.2 Å². The molecule has 141 valence electrons. The Labute approximate surface area is 161 Å². The van der Waals surface area contributed by atoms with Crippen molar-refractivity contribution in [3.05, 3.63) is 35.9 Å². The van der Waals surface area contributed by atoms with Crippen LogP contribution in [0.3, 0.4) is 0 Å². The van der Waals surface area contributed by atoms with Crippen molar-refractivity contribution in [3.63, 3.8) is 0 Å². The summed E-state index contributed by atoms with van der Waals surface area (Å²) >= 11 is 0. The number of unbranched alkanes of at least 4 members (excludes halogenated alkanes) is 11. The quantitative estimate of drug-likeness (QED) is 0.179. The van der Waals surface area contributed by atoms with Crippen LogP contribution in [0.25, 0.3) is 0 Å². The van der Waals surface area contributed by atoms with Gasteiger partial charge in [-0.25, -0.2) is 0 Å². The summed E-state index contributed by atoms with van der Waals surface area (Å²) in [7, 11) is 8.28. The molecule has 0 fully saturated rings. The molecule has 2 heteroatoms. The lowest BCUT2D eigenvalue weighted by Gasteiger charge is -2.30. The van der Waals surface area contributed by atoms with Crippen LogP contribution in [-0.2, 0) is 6.54 Å². The number of hydrogen-bond donors (Lipinski definition) is 0. The Morgan fingerprint density at radius 2 is 1.08 bits per heavy atom. The second-order valence-electron chi connectivity index (χ2n) is 8.30. The van der Waals surface area contributed by atoms with E-state index in [-0.39, 0.29) is 0 Å². The third-order valence-electron chi connectivity index (χ3n) is 5.14. The fourth-order valence-electron chi connectivity index (χ4n) is 3.59. The molecule has 0 spiro atoms. The molecular formula is C23H41NSi+. The van der Waals surface area contributed by atoms with Crippen LogP contribution in [-0.4, -0.2) is 35.4 Å². The number of benzene rings is 1. The Morgan fingerprint density at radius 1 is 0.640 bits per heavy atom. The van der Waals surface area contributed by atoms with E-state index in [9.17, 15) is 0 Å². The maximum absolute atomic E-state index is 3.55. The van der Waals surface area contributed by atoms with E-state index in [2.05, 4.69) is 54.7 Å². The molecule has 0 aliphatic heterocycles. The molecule has 0 saturated carbocycles. The Hall–Kier alpha value is -0.603. The summed E-state index contributed by atoms with van der Waals surface area (Å²) in [6, 6.07) is 12.1. The Bertz CT molecular complexity index is 402. The monoisotopic (exact) mass is 359 g/mol. The molecule has 1 aromatic carbocycles. The predicted molar refractivity (Wildman–Crippen MR) is 113 cm³/mol. The Balaban J connectivity index is 1.89. The van der Waals surface area contributed by atoms with Crippen LogP contribution in [0.15, 0.2) is 30.3 Å². The predicted octanol–water partition coefficient (Wildman–Crippen LogP) is 6.53. The second-order valence-corrected chi connectivity index (χ2v) is 8.80. The maximum atomic E-state index is 3.55. The van der Waals surface area contributed by atoms with Gasteiger partial charge in [0.2, 0.25) is 0 Å². The summed E-state index contributed by atoms with van der Waals surface area (Å²) < 4.78 is 1.11. The number of rotatable bonds is 16. The lowest BCUT2D eigenvalue weighted by Crippen LogP contribution is -2.39. The molecule has 0 saturated heterocycles. The molecule has 0 aliphatic rings. The molecule has 25 heavy (non-hydrogen) atoms. The third-order valence-corrected chi connectivity index (χ3v) is 5.50. The van der Waals surface area contributed by atoms with Crippen LogP contribution in [0, 0.1) is 0 Å². The van der Waals surface area contributed by atoms with E-state index >= 15 is 0 Å². The van der Waals surface area contributed by atoms with Gasteiger partial charge in [-0.3, -0.25) is 0 Å². The molecule has 0 N–H and O–H groups in total. The lowest BCUT2D eigenvalue weighted by atomic mass is 10.1. The van der Waals surface area contributed by atoms with Crippen molar-refractivity contribution in [3.8, 4) is 0 Å². The van der Waals surface area contributed by atoms with Crippen LogP contribution < -0.4 is 0 Å². The highest BCUT2D eigenvalue weighted by Crippen LogP contribution is 2.14. The van der Waals surface area contributed by atoms with Gasteiger partial charge in [-0.05, 0) is 12.8 Å². The van der Waals surface area contributed by atoms with Gasteiger partial charge in [0.05, 0.1) is 20.6 Å². The highest BCUT2D eigenvalue weighted by molar-refractivity contribution is 6.08. The minimum absolute atomic E-state index is 1.11. The minimum atomic E-state index is 1.11. The first kappa shape index (κ1) is 22.4. The number of quaternary nitrogens is 1. The first-order valence-corrected chi connectivity index (χ1v) is 11.4. The summed E-state index contributed by atoms with van der Waals surface area (Å²) in [5, 5.41) is 0. The van der Waals surface area contributed by atoms with Gasteiger partial charge in [-0.1, -0.05) is 101 Å². The van der Waals surface area contributed by atoms with Crippen molar-refractivity contribution in [2.24, 2.45) is 0 Å². The Kier molecular flexibility index (Phi) is 13.1. The standard InChI is InChI=1S/C23H41NSi/c1-24(2,22-23-18-14-13-15-19-23)20-16-11-9-7-5-3-4-6-8-10-12-17-21-25/h13-15,18-19H,3-12,16-17,20-22H2,1-2H3/q+1. The van der Waals surface area contributed by atoms with Crippen molar-refractivity contribution < 1.29 is 4.48 Å². The third kappa shape index (κ3) is 13.3. The molecule has 0 aliphatic carbocycles. The fraction of sp³-hybridized carbons (Fsp3) is 0.739. The van der Waals surface area contributed by atoms with Gasteiger partial charge < -0.3 is 4.48 Å². The maximum Gasteiger partial charge on any atom is 0.104 e. The van der Waals surface area contributed by atoms with Crippen LogP contribution in [0.4, 0.5) is 0 Å². The normalized spacial score (nSPS) is 11.8. The number of nitrogens with zero attached hydrogens (tertiary/aromatic N) is 1. The molecule has 0 amide bonds. The average Bonchev–Trinajstić information content (AvgIpc) is 2.59. The van der Waals surface area contributed by atoms with E-state index < -0.39 is 0 Å². The number of hydrogen-bond acceptors (Lipinski definition) is 0. The fourth-order valence-corrected chi connectivity index (χ4v) is 3.84. The SMILES string of the molecule is C[N+](C)(CCCCCCCCCCCCCC[Si])Cc1ccccc1. The van der Waals surface area contributed by atoms with E-state index in [1.54, 1.807) is 0 Å². The van der Waals surface area contributed by atoms with Crippen molar-refractivity contribution in [1.29, 1.82) is 0 Å². The molecule has 1 rings (SSSR count). The van der Waals surface area contributed by atoms with E-state index in [0.29, 0.717) is 0 Å². The largest absolute Gasteiger partial charge is 0.325 e. The highest BCUT2D eigenvalue weighted by Gasteiger charge is 2.14. The van der Waals surface area contributed by atoms with Crippen molar-refractivity contribution in [2.45, 2.75) is 89.6 Å². The van der Waals surface area contributed by atoms with Crippen molar-refractivity contribution in [1.82, 2.24) is 0 Å². The van der Waals surface area contributed by atoms with Gasteiger partial charge in [0, 0.05) is 15.8 Å². The van der Waals surface area contributed by atoms with Crippen LogP contribution >= 0.6 is 0 Å². The van der Waals surface area contributed by atoms with Gasteiger partial charge >= 0.3 is 0 Å². The van der Waals surface area contributed by atoms with E-state index in [0.717, 1.165) is 11.0 Å². The first-order chi connectivity index (χ1) is 12.1.